The maximum absolute atomic E-state index is 12.7. The average Bonchev–Trinajstić information content (AvgIpc) is 3.21. The summed E-state index contributed by atoms with van der Waals surface area (Å²) in [5.41, 5.74) is 2.21. The van der Waals surface area contributed by atoms with Gasteiger partial charge in [0.15, 0.2) is 5.82 Å². The fourth-order valence-corrected chi connectivity index (χ4v) is 4.05. The van der Waals surface area contributed by atoms with Crippen molar-refractivity contribution in [2.75, 3.05) is 44.2 Å². The lowest BCUT2D eigenvalue weighted by Crippen LogP contribution is -2.55. The Labute approximate surface area is 160 Å². The van der Waals surface area contributed by atoms with E-state index in [0.717, 1.165) is 44.1 Å². The van der Waals surface area contributed by atoms with Gasteiger partial charge in [0.1, 0.15) is 0 Å². The standard InChI is InChI=1S/C21H27N5O/c1-17-15-25(13-14-26(17)20(27)16-24-11-2-3-12-24)19-7-5-18(6-8-19)21-22-9-4-10-23-21/h4-10,17H,2-3,11-16H2,1H3/t17-/m0/s1. The van der Waals surface area contributed by atoms with Gasteiger partial charge >= 0.3 is 0 Å². The first kappa shape index (κ1) is 17.9. The number of hydrogen-bond acceptors (Lipinski definition) is 5. The van der Waals surface area contributed by atoms with Crippen LogP contribution in [0, 0.1) is 0 Å². The van der Waals surface area contributed by atoms with Crippen LogP contribution in [-0.4, -0.2) is 71.0 Å². The number of nitrogens with zero attached hydrogens (tertiary/aromatic N) is 5. The van der Waals surface area contributed by atoms with E-state index in [9.17, 15) is 4.79 Å². The number of carbonyl (C=O) groups is 1. The molecule has 1 amide bonds. The summed E-state index contributed by atoms with van der Waals surface area (Å²) in [6, 6.07) is 10.4. The molecule has 1 atom stereocenters. The van der Waals surface area contributed by atoms with Gasteiger partial charge in [-0.25, -0.2) is 9.97 Å². The highest BCUT2D eigenvalue weighted by molar-refractivity contribution is 5.79. The Morgan fingerprint density at radius 3 is 2.41 bits per heavy atom. The van der Waals surface area contributed by atoms with Crippen molar-refractivity contribution in [2.24, 2.45) is 0 Å². The van der Waals surface area contributed by atoms with Crippen molar-refractivity contribution in [2.45, 2.75) is 25.8 Å². The number of aromatic nitrogens is 2. The van der Waals surface area contributed by atoms with Crippen molar-refractivity contribution in [1.29, 1.82) is 0 Å². The molecule has 2 aliphatic heterocycles. The van der Waals surface area contributed by atoms with Gasteiger partial charge in [0.2, 0.25) is 5.91 Å². The topological polar surface area (TPSA) is 52.6 Å². The number of benzene rings is 1. The maximum Gasteiger partial charge on any atom is 0.237 e. The highest BCUT2D eigenvalue weighted by Crippen LogP contribution is 2.23. The molecule has 0 unspecified atom stereocenters. The molecule has 0 radical (unpaired) electrons. The molecule has 2 saturated heterocycles. The van der Waals surface area contributed by atoms with Gasteiger partial charge in [0.25, 0.3) is 0 Å². The van der Waals surface area contributed by atoms with Crippen molar-refractivity contribution in [3.8, 4) is 11.4 Å². The van der Waals surface area contributed by atoms with Crippen LogP contribution in [0.15, 0.2) is 42.7 Å². The van der Waals surface area contributed by atoms with Crippen LogP contribution in [0.2, 0.25) is 0 Å². The van der Waals surface area contributed by atoms with E-state index in [1.807, 2.05) is 6.07 Å². The summed E-state index contributed by atoms with van der Waals surface area (Å²) in [4.78, 5) is 28.0. The number of amides is 1. The summed E-state index contributed by atoms with van der Waals surface area (Å²) >= 11 is 0. The molecule has 2 aromatic rings. The Balaban J connectivity index is 1.37. The first-order valence-corrected chi connectivity index (χ1v) is 9.85. The zero-order chi connectivity index (χ0) is 18.6. The third-order valence-electron chi connectivity index (χ3n) is 5.56. The van der Waals surface area contributed by atoms with E-state index in [1.165, 1.54) is 18.5 Å². The SMILES string of the molecule is C[C@H]1CN(c2ccc(-c3ncccn3)cc2)CCN1C(=O)CN1CCCC1. The summed E-state index contributed by atoms with van der Waals surface area (Å²) in [5.74, 6) is 1.02. The van der Waals surface area contributed by atoms with Gasteiger partial charge in [-0.1, -0.05) is 0 Å². The number of carbonyl (C=O) groups excluding carboxylic acids is 1. The monoisotopic (exact) mass is 365 g/mol. The molecule has 1 aromatic carbocycles. The van der Waals surface area contributed by atoms with E-state index in [0.29, 0.717) is 6.54 Å². The molecule has 0 spiro atoms. The van der Waals surface area contributed by atoms with E-state index < -0.39 is 0 Å². The van der Waals surface area contributed by atoms with Crippen LogP contribution >= 0.6 is 0 Å². The number of rotatable bonds is 4. The summed E-state index contributed by atoms with van der Waals surface area (Å²) in [6.45, 7) is 7.40. The Hall–Kier alpha value is -2.47. The molecule has 6 heteroatoms. The molecule has 0 aliphatic carbocycles. The first-order valence-electron chi connectivity index (χ1n) is 9.85. The third kappa shape index (κ3) is 4.11. The molecular weight excluding hydrogens is 338 g/mol. The van der Waals surface area contributed by atoms with E-state index in [4.69, 9.17) is 0 Å². The van der Waals surface area contributed by atoms with Crippen molar-refractivity contribution < 1.29 is 4.79 Å². The molecule has 6 nitrogen and oxygen atoms in total. The Kier molecular flexibility index (Phi) is 5.34. The van der Waals surface area contributed by atoms with Crippen molar-refractivity contribution in [3.63, 3.8) is 0 Å². The molecule has 142 valence electrons. The third-order valence-corrected chi connectivity index (χ3v) is 5.56. The van der Waals surface area contributed by atoms with Crippen molar-refractivity contribution in [3.05, 3.63) is 42.7 Å². The minimum Gasteiger partial charge on any atom is -0.368 e. The van der Waals surface area contributed by atoms with Crippen molar-refractivity contribution in [1.82, 2.24) is 19.8 Å². The number of anilines is 1. The minimum absolute atomic E-state index is 0.228. The summed E-state index contributed by atoms with van der Waals surface area (Å²) in [5, 5.41) is 0. The highest BCUT2D eigenvalue weighted by Gasteiger charge is 2.29. The van der Waals surface area contributed by atoms with Gasteiger partial charge in [-0.15, -0.1) is 0 Å². The molecule has 3 heterocycles. The second-order valence-corrected chi connectivity index (χ2v) is 7.48. The van der Waals surface area contributed by atoms with Crippen LogP contribution in [0.1, 0.15) is 19.8 Å². The van der Waals surface area contributed by atoms with Crippen LogP contribution in [0.3, 0.4) is 0 Å². The molecule has 2 fully saturated rings. The van der Waals surface area contributed by atoms with Gasteiger partial charge < -0.3 is 9.80 Å². The molecule has 27 heavy (non-hydrogen) atoms. The number of hydrogen-bond donors (Lipinski definition) is 0. The van der Waals surface area contributed by atoms with E-state index in [2.05, 4.69) is 55.9 Å². The molecule has 2 aliphatic rings. The van der Waals surface area contributed by atoms with E-state index >= 15 is 0 Å². The molecular formula is C21H27N5O. The zero-order valence-corrected chi connectivity index (χ0v) is 15.9. The van der Waals surface area contributed by atoms with Gasteiger partial charge in [-0.3, -0.25) is 9.69 Å². The fourth-order valence-electron chi connectivity index (χ4n) is 4.05. The lowest BCUT2D eigenvalue weighted by Gasteiger charge is -2.41. The van der Waals surface area contributed by atoms with Gasteiger partial charge in [0, 0.05) is 49.3 Å². The van der Waals surface area contributed by atoms with Crippen LogP contribution in [0.25, 0.3) is 11.4 Å². The molecule has 0 bridgehead atoms. The number of piperazine rings is 1. The van der Waals surface area contributed by atoms with Crippen LogP contribution < -0.4 is 4.90 Å². The molecule has 0 N–H and O–H groups in total. The number of likely N-dealkylation sites (tertiary alicyclic amines) is 1. The van der Waals surface area contributed by atoms with E-state index in [1.54, 1.807) is 12.4 Å². The zero-order valence-electron chi connectivity index (χ0n) is 15.9. The lowest BCUT2D eigenvalue weighted by atomic mass is 10.1. The van der Waals surface area contributed by atoms with Gasteiger partial charge in [-0.05, 0) is 63.2 Å². The molecule has 0 saturated carbocycles. The quantitative estimate of drug-likeness (QED) is 0.832. The normalized spacial score (nSPS) is 20.9. The summed E-state index contributed by atoms with van der Waals surface area (Å²) in [6.07, 6.45) is 5.97. The first-order chi connectivity index (χ1) is 13.2. The van der Waals surface area contributed by atoms with Crippen LogP contribution in [0.5, 0.6) is 0 Å². The average molecular weight is 365 g/mol. The summed E-state index contributed by atoms with van der Waals surface area (Å²) in [7, 11) is 0. The predicted molar refractivity (Wildman–Crippen MR) is 107 cm³/mol. The highest BCUT2D eigenvalue weighted by atomic mass is 16.2. The second kappa shape index (κ2) is 8.05. The fraction of sp³-hybridized carbons (Fsp3) is 0.476. The smallest absolute Gasteiger partial charge is 0.237 e. The summed E-state index contributed by atoms with van der Waals surface area (Å²) < 4.78 is 0. The van der Waals surface area contributed by atoms with Gasteiger partial charge in [-0.2, -0.15) is 0 Å². The predicted octanol–water partition coefficient (Wildman–Crippen LogP) is 2.28. The Bertz CT molecular complexity index is 758. The van der Waals surface area contributed by atoms with Gasteiger partial charge in [0.05, 0.1) is 6.54 Å². The largest absolute Gasteiger partial charge is 0.368 e. The minimum atomic E-state index is 0.228. The Morgan fingerprint density at radius 1 is 1.04 bits per heavy atom. The Morgan fingerprint density at radius 2 is 1.74 bits per heavy atom. The van der Waals surface area contributed by atoms with Crippen molar-refractivity contribution >= 4 is 11.6 Å². The van der Waals surface area contributed by atoms with Crippen LogP contribution in [-0.2, 0) is 4.79 Å². The lowest BCUT2D eigenvalue weighted by molar-refractivity contribution is -0.134. The van der Waals surface area contributed by atoms with Crippen LogP contribution in [0.4, 0.5) is 5.69 Å². The maximum atomic E-state index is 12.7. The molecule has 1 aromatic heterocycles. The molecule has 4 rings (SSSR count). The second-order valence-electron chi connectivity index (χ2n) is 7.48. The van der Waals surface area contributed by atoms with E-state index in [-0.39, 0.29) is 11.9 Å².